The number of aromatic amines is 1. The number of aromatic nitrogens is 6. The molecule has 0 bridgehead atoms. The van der Waals surface area contributed by atoms with Gasteiger partial charge in [-0.2, -0.15) is 5.10 Å². The Morgan fingerprint density at radius 1 is 1.00 bits per heavy atom. The number of anilines is 1. The van der Waals surface area contributed by atoms with Crippen molar-refractivity contribution in [2.45, 2.75) is 13.0 Å². The van der Waals surface area contributed by atoms with E-state index in [1.54, 1.807) is 19.3 Å². The third-order valence-corrected chi connectivity index (χ3v) is 4.88. The molecule has 1 unspecified atom stereocenters. The molecule has 5 rings (SSSR count). The van der Waals surface area contributed by atoms with Crippen LogP contribution >= 0.6 is 0 Å². The van der Waals surface area contributed by atoms with Crippen LogP contribution < -0.4 is 5.32 Å². The number of fused-ring (bicyclic) bond motifs is 2. The average Bonchev–Trinajstić information content (AvgIpc) is 3.22. The molecule has 5 aromatic rings. The maximum absolute atomic E-state index is 14.0. The Balaban J connectivity index is 1.47. The van der Waals surface area contributed by atoms with Crippen LogP contribution in [0.1, 0.15) is 18.5 Å². The molecule has 2 N–H and O–H groups in total. The van der Waals surface area contributed by atoms with E-state index < -0.39 is 17.7 Å². The van der Waals surface area contributed by atoms with Crippen LogP contribution in [0.5, 0.6) is 0 Å². The van der Waals surface area contributed by atoms with E-state index in [1.165, 1.54) is 24.5 Å². The van der Waals surface area contributed by atoms with Gasteiger partial charge in [-0.3, -0.25) is 5.10 Å². The Morgan fingerprint density at radius 3 is 2.67 bits per heavy atom. The number of hydrogen-bond donors (Lipinski definition) is 2. The average molecular weight is 403 g/mol. The summed E-state index contributed by atoms with van der Waals surface area (Å²) in [7, 11) is 0. The zero-order chi connectivity index (χ0) is 20.7. The molecule has 9 heteroatoms. The molecule has 0 aliphatic rings. The van der Waals surface area contributed by atoms with Crippen LogP contribution in [-0.4, -0.2) is 30.1 Å². The lowest BCUT2D eigenvalue weighted by molar-refractivity contribution is 0.543. The monoisotopic (exact) mass is 403 g/mol. The molecule has 1 atom stereocenters. The van der Waals surface area contributed by atoms with Crippen molar-refractivity contribution in [3.05, 3.63) is 72.3 Å². The third kappa shape index (κ3) is 3.10. The maximum atomic E-state index is 14.0. The second kappa shape index (κ2) is 7.11. The van der Waals surface area contributed by atoms with Gasteiger partial charge in [0.2, 0.25) is 5.95 Å². The van der Waals surface area contributed by atoms with Crippen molar-refractivity contribution in [3.8, 4) is 11.3 Å². The maximum Gasteiger partial charge on any atom is 0.223 e. The van der Waals surface area contributed by atoms with E-state index in [0.29, 0.717) is 11.2 Å². The van der Waals surface area contributed by atoms with E-state index in [0.717, 1.165) is 22.0 Å². The molecule has 3 aromatic heterocycles. The topological polar surface area (TPSA) is 92.3 Å². The summed E-state index contributed by atoms with van der Waals surface area (Å²) in [5, 5.41) is 11.4. The predicted molar refractivity (Wildman–Crippen MR) is 109 cm³/mol. The summed E-state index contributed by atoms with van der Waals surface area (Å²) in [6, 6.07) is 8.81. The van der Waals surface area contributed by atoms with E-state index in [-0.39, 0.29) is 11.5 Å². The highest BCUT2D eigenvalue weighted by Gasteiger charge is 2.17. The molecule has 0 aliphatic heterocycles. The summed E-state index contributed by atoms with van der Waals surface area (Å²) >= 11 is 0. The quantitative estimate of drug-likeness (QED) is 0.462. The van der Waals surface area contributed by atoms with Gasteiger partial charge >= 0.3 is 0 Å². The van der Waals surface area contributed by atoms with Crippen molar-refractivity contribution < 1.29 is 8.78 Å². The highest BCUT2D eigenvalue weighted by molar-refractivity contribution is 5.93. The molecule has 0 saturated heterocycles. The molecule has 0 saturated carbocycles. The molecule has 30 heavy (non-hydrogen) atoms. The zero-order valence-corrected chi connectivity index (χ0v) is 15.8. The fraction of sp³-hybridized carbons (Fsp3) is 0.0952. The van der Waals surface area contributed by atoms with Crippen LogP contribution in [0.3, 0.4) is 0 Å². The molecule has 0 fully saturated rings. The summed E-state index contributed by atoms with van der Waals surface area (Å²) < 4.78 is 28.0. The van der Waals surface area contributed by atoms with Gasteiger partial charge in [-0.1, -0.05) is 12.1 Å². The van der Waals surface area contributed by atoms with E-state index in [9.17, 15) is 8.78 Å². The lowest BCUT2D eigenvalue weighted by Gasteiger charge is -2.16. The second-order valence-corrected chi connectivity index (χ2v) is 6.82. The van der Waals surface area contributed by atoms with E-state index in [2.05, 4.69) is 35.5 Å². The van der Waals surface area contributed by atoms with Gasteiger partial charge in [0.25, 0.3) is 0 Å². The number of nitrogens with one attached hydrogen (secondary N) is 2. The summed E-state index contributed by atoms with van der Waals surface area (Å²) in [4.78, 5) is 17.3. The molecule has 148 valence electrons. The fourth-order valence-corrected chi connectivity index (χ4v) is 3.44. The van der Waals surface area contributed by atoms with E-state index in [1.807, 2.05) is 18.2 Å². The predicted octanol–water partition coefficient (Wildman–Crippen LogP) is 4.41. The van der Waals surface area contributed by atoms with Crippen LogP contribution in [-0.2, 0) is 0 Å². The molecule has 3 heterocycles. The molecule has 0 spiro atoms. The van der Waals surface area contributed by atoms with Gasteiger partial charge in [-0.15, -0.1) is 0 Å². The Labute approximate surface area is 169 Å². The lowest BCUT2D eigenvalue weighted by Crippen LogP contribution is -2.12. The van der Waals surface area contributed by atoms with Gasteiger partial charge in [-0.25, -0.2) is 28.7 Å². The normalized spacial score (nSPS) is 12.4. The first kappa shape index (κ1) is 18.0. The first-order chi connectivity index (χ1) is 14.6. The molecule has 7 nitrogen and oxygen atoms in total. The van der Waals surface area contributed by atoms with Crippen molar-refractivity contribution in [2.75, 3.05) is 5.32 Å². The Morgan fingerprint density at radius 2 is 1.83 bits per heavy atom. The van der Waals surface area contributed by atoms with Gasteiger partial charge in [0, 0.05) is 22.7 Å². The minimum atomic E-state index is -0.640. The first-order valence-corrected chi connectivity index (χ1v) is 9.22. The van der Waals surface area contributed by atoms with E-state index >= 15 is 0 Å². The molecular weight excluding hydrogens is 388 g/mol. The number of H-pyrrole nitrogens is 1. The Hall–Kier alpha value is -4.01. The number of benzene rings is 2. The standard InChI is InChI=1S/C21H15F2N7/c1-11(18-15(22)3-2-4-16(18)23)28-21-24-8-13-7-12(5-6-17(13)29-21)19-14-9-27-30-20(14)26-10-25-19/h2-11H,1H3,(H,24,28,29)(H,25,26,27,30). The smallest absolute Gasteiger partial charge is 0.223 e. The van der Waals surface area contributed by atoms with Crippen LogP contribution in [0.4, 0.5) is 14.7 Å². The molecule has 2 aromatic carbocycles. The highest BCUT2D eigenvalue weighted by Crippen LogP contribution is 2.28. The van der Waals surface area contributed by atoms with Gasteiger partial charge in [-0.05, 0) is 31.2 Å². The van der Waals surface area contributed by atoms with Crippen LogP contribution in [0.2, 0.25) is 0 Å². The Bertz CT molecular complexity index is 1360. The third-order valence-electron chi connectivity index (χ3n) is 4.88. The number of rotatable bonds is 4. The van der Waals surface area contributed by atoms with Crippen molar-refractivity contribution in [3.63, 3.8) is 0 Å². The zero-order valence-electron chi connectivity index (χ0n) is 15.8. The second-order valence-electron chi connectivity index (χ2n) is 6.82. The van der Waals surface area contributed by atoms with Crippen LogP contribution in [0, 0.1) is 11.6 Å². The van der Waals surface area contributed by atoms with E-state index in [4.69, 9.17) is 0 Å². The highest BCUT2D eigenvalue weighted by atomic mass is 19.1. The van der Waals surface area contributed by atoms with Gasteiger partial charge in [0.05, 0.1) is 28.8 Å². The molecule has 0 amide bonds. The number of nitrogens with zero attached hydrogens (tertiary/aromatic N) is 5. The SMILES string of the molecule is CC(Nc1ncc2cc(-c3ncnc4[nH]ncc34)ccc2n1)c1c(F)cccc1F. The van der Waals surface area contributed by atoms with Crippen molar-refractivity contribution in [1.82, 2.24) is 30.1 Å². The van der Waals surface area contributed by atoms with Crippen LogP contribution in [0.25, 0.3) is 33.2 Å². The van der Waals surface area contributed by atoms with Gasteiger partial charge < -0.3 is 5.32 Å². The van der Waals surface area contributed by atoms with Crippen molar-refractivity contribution >= 4 is 27.9 Å². The van der Waals surface area contributed by atoms with Gasteiger partial charge in [0.1, 0.15) is 18.0 Å². The summed E-state index contributed by atoms with van der Waals surface area (Å²) in [5.41, 5.74) is 2.92. The van der Waals surface area contributed by atoms with Crippen molar-refractivity contribution in [2.24, 2.45) is 0 Å². The minimum Gasteiger partial charge on any atom is -0.347 e. The largest absolute Gasteiger partial charge is 0.347 e. The number of hydrogen-bond acceptors (Lipinski definition) is 6. The first-order valence-electron chi connectivity index (χ1n) is 9.22. The summed E-state index contributed by atoms with van der Waals surface area (Å²) in [5.74, 6) is -0.948. The Kier molecular flexibility index (Phi) is 4.27. The van der Waals surface area contributed by atoms with Gasteiger partial charge in [0.15, 0.2) is 5.65 Å². The van der Waals surface area contributed by atoms with Crippen molar-refractivity contribution in [1.29, 1.82) is 0 Å². The number of halogens is 2. The summed E-state index contributed by atoms with van der Waals surface area (Å²) in [6.45, 7) is 1.66. The summed E-state index contributed by atoms with van der Waals surface area (Å²) in [6.07, 6.45) is 4.82. The minimum absolute atomic E-state index is 0.0514. The molecular formula is C21H15F2N7. The molecule has 0 aliphatic carbocycles. The molecule has 0 radical (unpaired) electrons. The lowest BCUT2D eigenvalue weighted by atomic mass is 10.1. The fourth-order valence-electron chi connectivity index (χ4n) is 3.44. The van der Waals surface area contributed by atoms with Crippen LogP contribution in [0.15, 0.2) is 55.1 Å².